The van der Waals surface area contributed by atoms with Crippen molar-refractivity contribution in [2.75, 3.05) is 19.6 Å². The van der Waals surface area contributed by atoms with Gasteiger partial charge in [0.25, 0.3) is 5.91 Å². The minimum atomic E-state index is -0.0684. The van der Waals surface area contributed by atoms with E-state index in [1.165, 1.54) is 0 Å². The van der Waals surface area contributed by atoms with E-state index < -0.39 is 0 Å². The number of para-hydroxylation sites is 1. The summed E-state index contributed by atoms with van der Waals surface area (Å²) in [6, 6.07) is 7.13. The van der Waals surface area contributed by atoms with Crippen molar-refractivity contribution >= 4 is 5.91 Å². The molecular formula is C15H22N2O2. The molecular weight excluding hydrogens is 240 g/mol. The highest BCUT2D eigenvalue weighted by molar-refractivity contribution is 5.96. The molecule has 1 aromatic rings. The molecule has 1 atom stereocenters. The number of rotatable bonds is 4. The smallest absolute Gasteiger partial charge is 0.257 e. The fraction of sp³-hybridized carbons (Fsp3) is 0.533. The predicted molar refractivity (Wildman–Crippen MR) is 75.3 cm³/mol. The summed E-state index contributed by atoms with van der Waals surface area (Å²) in [4.78, 5) is 14.2. The zero-order chi connectivity index (χ0) is 13.7. The van der Waals surface area contributed by atoms with E-state index in [-0.39, 0.29) is 11.7 Å². The van der Waals surface area contributed by atoms with Crippen molar-refractivity contribution in [1.29, 1.82) is 0 Å². The van der Waals surface area contributed by atoms with Gasteiger partial charge in [-0.25, -0.2) is 0 Å². The number of phenols is 1. The van der Waals surface area contributed by atoms with Crippen LogP contribution in [0.4, 0.5) is 0 Å². The Morgan fingerprint density at radius 2 is 2.26 bits per heavy atom. The molecule has 1 amide bonds. The van der Waals surface area contributed by atoms with Crippen LogP contribution in [0.5, 0.6) is 5.75 Å². The van der Waals surface area contributed by atoms with Gasteiger partial charge in [-0.15, -0.1) is 0 Å². The second-order valence-corrected chi connectivity index (χ2v) is 5.06. The van der Waals surface area contributed by atoms with Crippen LogP contribution >= 0.6 is 0 Å². The Kier molecular flexibility index (Phi) is 4.80. The standard InChI is InChI=1S/C15H22N2O2/c1-2-9-16-12-6-5-10-17(11-12)15(19)13-7-3-4-8-14(13)18/h3-4,7-8,12,16,18H,2,5-6,9-11H2,1H3. The second-order valence-electron chi connectivity index (χ2n) is 5.06. The summed E-state index contributed by atoms with van der Waals surface area (Å²) in [5.74, 6) is -0.00256. The molecule has 1 aromatic carbocycles. The molecule has 4 nitrogen and oxygen atoms in total. The number of likely N-dealkylation sites (tertiary alicyclic amines) is 1. The molecule has 0 spiro atoms. The minimum absolute atomic E-state index is 0.0659. The lowest BCUT2D eigenvalue weighted by molar-refractivity contribution is 0.0692. The van der Waals surface area contributed by atoms with Crippen LogP contribution in [0, 0.1) is 0 Å². The van der Waals surface area contributed by atoms with E-state index in [0.717, 1.165) is 38.9 Å². The van der Waals surface area contributed by atoms with Crippen molar-refractivity contribution in [3.05, 3.63) is 29.8 Å². The lowest BCUT2D eigenvalue weighted by atomic mass is 10.0. The summed E-state index contributed by atoms with van der Waals surface area (Å²) in [6.07, 6.45) is 3.23. The summed E-state index contributed by atoms with van der Waals surface area (Å²) >= 11 is 0. The first-order chi connectivity index (χ1) is 9.22. The fourth-order valence-corrected chi connectivity index (χ4v) is 2.50. The summed E-state index contributed by atoms with van der Waals surface area (Å²) in [5, 5.41) is 13.2. The molecule has 1 fully saturated rings. The van der Waals surface area contributed by atoms with Gasteiger partial charge in [0.2, 0.25) is 0 Å². The van der Waals surface area contributed by atoms with Crippen LogP contribution in [0.15, 0.2) is 24.3 Å². The third kappa shape index (κ3) is 3.47. The highest BCUT2D eigenvalue weighted by Gasteiger charge is 2.25. The molecule has 1 aliphatic heterocycles. The summed E-state index contributed by atoms with van der Waals surface area (Å²) < 4.78 is 0. The van der Waals surface area contributed by atoms with Crippen molar-refractivity contribution in [2.24, 2.45) is 0 Å². The lowest BCUT2D eigenvalue weighted by Gasteiger charge is -2.33. The number of nitrogens with zero attached hydrogens (tertiary/aromatic N) is 1. The number of aromatic hydroxyl groups is 1. The van der Waals surface area contributed by atoms with E-state index in [4.69, 9.17) is 0 Å². The Balaban J connectivity index is 2.01. The van der Waals surface area contributed by atoms with Crippen molar-refractivity contribution in [3.8, 4) is 5.75 Å². The lowest BCUT2D eigenvalue weighted by Crippen LogP contribution is -2.48. The maximum Gasteiger partial charge on any atom is 0.257 e. The molecule has 2 rings (SSSR count). The third-order valence-electron chi connectivity index (χ3n) is 3.53. The van der Waals surface area contributed by atoms with Crippen LogP contribution in [0.25, 0.3) is 0 Å². The van der Waals surface area contributed by atoms with E-state index in [1.54, 1.807) is 24.3 Å². The minimum Gasteiger partial charge on any atom is -0.507 e. The number of carbonyl (C=O) groups is 1. The van der Waals surface area contributed by atoms with Crippen molar-refractivity contribution in [2.45, 2.75) is 32.2 Å². The van der Waals surface area contributed by atoms with Crippen LogP contribution in [0.1, 0.15) is 36.5 Å². The average Bonchev–Trinajstić information content (AvgIpc) is 2.45. The topological polar surface area (TPSA) is 52.6 Å². The van der Waals surface area contributed by atoms with Gasteiger partial charge in [-0.05, 0) is 37.9 Å². The normalized spacial score (nSPS) is 19.4. The van der Waals surface area contributed by atoms with E-state index in [0.29, 0.717) is 11.6 Å². The summed E-state index contributed by atoms with van der Waals surface area (Å²) in [6.45, 7) is 4.63. The molecule has 1 aliphatic rings. The number of nitrogens with one attached hydrogen (secondary N) is 1. The maximum atomic E-state index is 12.4. The Hall–Kier alpha value is -1.55. The molecule has 1 heterocycles. The molecule has 0 aliphatic carbocycles. The van der Waals surface area contributed by atoms with Gasteiger partial charge in [-0.3, -0.25) is 4.79 Å². The number of hydrogen-bond donors (Lipinski definition) is 2. The predicted octanol–water partition coefficient (Wildman–Crippen LogP) is 2.00. The highest BCUT2D eigenvalue weighted by atomic mass is 16.3. The van der Waals surface area contributed by atoms with Crippen LogP contribution in [-0.4, -0.2) is 41.6 Å². The van der Waals surface area contributed by atoms with Gasteiger partial charge in [-0.1, -0.05) is 19.1 Å². The van der Waals surface area contributed by atoms with Crippen molar-refractivity contribution < 1.29 is 9.90 Å². The van der Waals surface area contributed by atoms with Gasteiger partial charge in [0.1, 0.15) is 5.75 Å². The molecule has 0 saturated carbocycles. The van der Waals surface area contributed by atoms with Gasteiger partial charge in [0.15, 0.2) is 0 Å². The summed E-state index contributed by atoms with van der Waals surface area (Å²) in [5.41, 5.74) is 0.402. The molecule has 0 bridgehead atoms. The van der Waals surface area contributed by atoms with E-state index >= 15 is 0 Å². The Morgan fingerprint density at radius 1 is 1.47 bits per heavy atom. The van der Waals surface area contributed by atoms with Crippen molar-refractivity contribution in [3.63, 3.8) is 0 Å². The van der Waals surface area contributed by atoms with Crippen LogP contribution in [0.2, 0.25) is 0 Å². The Labute approximate surface area is 114 Å². The number of amides is 1. The molecule has 1 saturated heterocycles. The van der Waals surface area contributed by atoms with E-state index in [1.807, 2.05) is 4.90 Å². The van der Waals surface area contributed by atoms with E-state index in [2.05, 4.69) is 12.2 Å². The van der Waals surface area contributed by atoms with Crippen LogP contribution in [-0.2, 0) is 0 Å². The average molecular weight is 262 g/mol. The highest BCUT2D eigenvalue weighted by Crippen LogP contribution is 2.20. The number of piperidine rings is 1. The molecule has 2 N–H and O–H groups in total. The molecule has 19 heavy (non-hydrogen) atoms. The molecule has 104 valence electrons. The van der Waals surface area contributed by atoms with Gasteiger partial charge in [-0.2, -0.15) is 0 Å². The molecule has 0 radical (unpaired) electrons. The Bertz CT molecular complexity index is 434. The first kappa shape index (κ1) is 13.9. The largest absolute Gasteiger partial charge is 0.507 e. The van der Waals surface area contributed by atoms with Crippen molar-refractivity contribution in [1.82, 2.24) is 10.2 Å². The first-order valence-electron chi connectivity index (χ1n) is 7.03. The maximum absolute atomic E-state index is 12.4. The second kappa shape index (κ2) is 6.57. The van der Waals surface area contributed by atoms with Gasteiger partial charge in [0.05, 0.1) is 5.56 Å². The summed E-state index contributed by atoms with van der Waals surface area (Å²) in [7, 11) is 0. The number of hydrogen-bond acceptors (Lipinski definition) is 3. The van der Waals surface area contributed by atoms with Crippen LogP contribution < -0.4 is 5.32 Å². The van der Waals surface area contributed by atoms with Gasteiger partial charge >= 0.3 is 0 Å². The third-order valence-corrected chi connectivity index (χ3v) is 3.53. The van der Waals surface area contributed by atoms with Gasteiger partial charge in [0, 0.05) is 19.1 Å². The zero-order valence-corrected chi connectivity index (χ0v) is 11.4. The number of carbonyl (C=O) groups excluding carboxylic acids is 1. The monoisotopic (exact) mass is 262 g/mol. The zero-order valence-electron chi connectivity index (χ0n) is 11.4. The molecule has 4 heteroatoms. The number of phenolic OH excluding ortho intramolecular Hbond substituents is 1. The molecule has 1 unspecified atom stereocenters. The quantitative estimate of drug-likeness (QED) is 0.872. The van der Waals surface area contributed by atoms with Crippen LogP contribution in [0.3, 0.4) is 0 Å². The Morgan fingerprint density at radius 3 is 3.00 bits per heavy atom. The van der Waals surface area contributed by atoms with E-state index in [9.17, 15) is 9.90 Å². The van der Waals surface area contributed by atoms with Gasteiger partial charge < -0.3 is 15.3 Å². The molecule has 0 aromatic heterocycles. The first-order valence-corrected chi connectivity index (χ1v) is 7.03. The SMILES string of the molecule is CCCNC1CCCN(C(=O)c2ccccc2O)C1. The number of benzene rings is 1. The fourth-order valence-electron chi connectivity index (χ4n) is 2.50.